The van der Waals surface area contributed by atoms with Gasteiger partial charge in [0.15, 0.2) is 0 Å². The second-order valence-corrected chi connectivity index (χ2v) is 4.84. The summed E-state index contributed by atoms with van der Waals surface area (Å²) < 4.78 is 6.70. The molecular formula is C13H16ClN3O3. The van der Waals surface area contributed by atoms with Gasteiger partial charge in [-0.15, -0.1) is 0 Å². The Labute approximate surface area is 121 Å². The highest BCUT2D eigenvalue weighted by molar-refractivity contribution is 6.31. The summed E-state index contributed by atoms with van der Waals surface area (Å²) in [5.74, 6) is 0.231. The summed E-state index contributed by atoms with van der Waals surface area (Å²) in [6.07, 6.45) is 1.49. The third-order valence-corrected chi connectivity index (χ3v) is 3.54. The van der Waals surface area contributed by atoms with E-state index in [4.69, 9.17) is 16.0 Å². The molecule has 7 heteroatoms. The topological polar surface area (TPSA) is 80.3 Å². The van der Waals surface area contributed by atoms with Crippen molar-refractivity contribution in [2.75, 3.05) is 6.61 Å². The molecule has 2 N–H and O–H groups in total. The Balaban J connectivity index is 2.03. The van der Waals surface area contributed by atoms with Crippen LogP contribution in [0.3, 0.4) is 0 Å². The molecule has 2 aromatic heterocycles. The zero-order valence-electron chi connectivity index (χ0n) is 11.3. The fourth-order valence-electron chi connectivity index (χ4n) is 1.90. The lowest BCUT2D eigenvalue weighted by molar-refractivity contribution is -0.123. The number of hydrogen-bond acceptors (Lipinski definition) is 4. The summed E-state index contributed by atoms with van der Waals surface area (Å²) in [5.41, 5.74) is 1.42. The number of amides is 1. The first-order chi connectivity index (χ1) is 9.52. The number of carbonyl (C=O) groups is 1. The van der Waals surface area contributed by atoms with Crippen molar-refractivity contribution in [3.05, 3.63) is 40.6 Å². The number of nitrogens with zero attached hydrogens (tertiary/aromatic N) is 2. The lowest BCUT2D eigenvalue weighted by Crippen LogP contribution is -2.33. The smallest absolute Gasteiger partial charge is 0.242 e. The fraction of sp³-hybridized carbons (Fsp3) is 0.385. The second kappa shape index (κ2) is 6.11. The van der Waals surface area contributed by atoms with Gasteiger partial charge in [0, 0.05) is 0 Å². The highest BCUT2D eigenvalue weighted by Crippen LogP contribution is 2.19. The van der Waals surface area contributed by atoms with Gasteiger partial charge in [0.1, 0.15) is 18.3 Å². The molecule has 0 saturated carbocycles. The van der Waals surface area contributed by atoms with Crippen LogP contribution in [0.25, 0.3) is 0 Å². The van der Waals surface area contributed by atoms with Crippen molar-refractivity contribution in [3.63, 3.8) is 0 Å². The van der Waals surface area contributed by atoms with Crippen LogP contribution in [-0.2, 0) is 11.3 Å². The van der Waals surface area contributed by atoms with Crippen LogP contribution in [0, 0.1) is 13.8 Å². The van der Waals surface area contributed by atoms with E-state index in [1.165, 1.54) is 10.9 Å². The summed E-state index contributed by atoms with van der Waals surface area (Å²) in [7, 11) is 0. The summed E-state index contributed by atoms with van der Waals surface area (Å²) in [6.45, 7) is 3.38. The molecule has 108 valence electrons. The summed E-state index contributed by atoms with van der Waals surface area (Å²) in [6, 6.07) is 2.83. The maximum atomic E-state index is 12.0. The van der Waals surface area contributed by atoms with Crippen LogP contribution >= 0.6 is 11.6 Å². The number of aromatic nitrogens is 2. The molecule has 0 fully saturated rings. The van der Waals surface area contributed by atoms with Crippen LogP contribution in [0.5, 0.6) is 0 Å². The average molecular weight is 298 g/mol. The van der Waals surface area contributed by atoms with Gasteiger partial charge in [-0.2, -0.15) is 5.10 Å². The Kier molecular flexibility index (Phi) is 4.46. The molecule has 0 radical (unpaired) electrons. The summed E-state index contributed by atoms with van der Waals surface area (Å²) in [5, 5.41) is 16.7. The number of aliphatic hydroxyl groups excluding tert-OH is 1. The van der Waals surface area contributed by atoms with E-state index in [-0.39, 0.29) is 19.1 Å². The number of rotatable bonds is 5. The monoisotopic (exact) mass is 297 g/mol. The molecule has 0 aliphatic carbocycles. The fourth-order valence-corrected chi connectivity index (χ4v) is 2.04. The van der Waals surface area contributed by atoms with Crippen LogP contribution in [-0.4, -0.2) is 27.4 Å². The Hall–Kier alpha value is -1.79. The predicted molar refractivity (Wildman–Crippen MR) is 73.4 cm³/mol. The highest BCUT2D eigenvalue weighted by atomic mass is 35.5. The number of aliphatic hydroxyl groups is 1. The van der Waals surface area contributed by atoms with Crippen molar-refractivity contribution >= 4 is 17.5 Å². The van der Waals surface area contributed by atoms with E-state index in [9.17, 15) is 9.90 Å². The molecule has 0 spiro atoms. The van der Waals surface area contributed by atoms with Gasteiger partial charge in [0.2, 0.25) is 5.91 Å². The largest absolute Gasteiger partial charge is 0.467 e. The molecule has 20 heavy (non-hydrogen) atoms. The van der Waals surface area contributed by atoms with Gasteiger partial charge in [-0.05, 0) is 26.0 Å². The molecular weight excluding hydrogens is 282 g/mol. The van der Waals surface area contributed by atoms with E-state index in [1.807, 2.05) is 0 Å². The van der Waals surface area contributed by atoms with Crippen molar-refractivity contribution in [2.24, 2.45) is 0 Å². The molecule has 6 nitrogen and oxygen atoms in total. The van der Waals surface area contributed by atoms with E-state index < -0.39 is 6.04 Å². The highest BCUT2D eigenvalue weighted by Gasteiger charge is 2.18. The molecule has 0 bridgehead atoms. The first-order valence-electron chi connectivity index (χ1n) is 6.16. The summed E-state index contributed by atoms with van der Waals surface area (Å²) >= 11 is 6.03. The normalized spacial score (nSPS) is 12.4. The quantitative estimate of drug-likeness (QED) is 0.878. The summed E-state index contributed by atoms with van der Waals surface area (Å²) in [4.78, 5) is 12.0. The first-order valence-corrected chi connectivity index (χ1v) is 6.54. The van der Waals surface area contributed by atoms with Crippen molar-refractivity contribution in [3.8, 4) is 0 Å². The molecule has 2 heterocycles. The van der Waals surface area contributed by atoms with Crippen molar-refractivity contribution in [2.45, 2.75) is 26.4 Å². The zero-order valence-corrected chi connectivity index (χ0v) is 12.0. The predicted octanol–water partition coefficient (Wildman–Crippen LogP) is 1.60. The van der Waals surface area contributed by atoms with Gasteiger partial charge < -0.3 is 14.8 Å². The van der Waals surface area contributed by atoms with Crippen molar-refractivity contribution in [1.29, 1.82) is 0 Å². The lowest BCUT2D eigenvalue weighted by Gasteiger charge is -2.14. The Morgan fingerprint density at radius 2 is 2.35 bits per heavy atom. The number of halogens is 1. The third kappa shape index (κ3) is 3.02. The van der Waals surface area contributed by atoms with Gasteiger partial charge in [0.25, 0.3) is 0 Å². The standard InChI is InChI=1S/C13H16ClN3O3/c1-8-13(14)9(2)17(16-8)6-12(19)15-10(7-18)11-4-3-5-20-11/h3-5,10,18H,6-7H2,1-2H3,(H,15,19). The number of nitrogens with one attached hydrogen (secondary N) is 1. The second-order valence-electron chi connectivity index (χ2n) is 4.46. The molecule has 0 aromatic carbocycles. The van der Waals surface area contributed by atoms with E-state index in [0.717, 1.165) is 5.69 Å². The molecule has 2 rings (SSSR count). The van der Waals surface area contributed by atoms with E-state index in [1.54, 1.807) is 26.0 Å². The molecule has 0 saturated heterocycles. The molecule has 0 aliphatic heterocycles. The Morgan fingerprint density at radius 1 is 1.60 bits per heavy atom. The van der Waals surface area contributed by atoms with Crippen LogP contribution < -0.4 is 5.32 Å². The van der Waals surface area contributed by atoms with Crippen molar-refractivity contribution < 1.29 is 14.3 Å². The van der Waals surface area contributed by atoms with Gasteiger partial charge in [-0.25, -0.2) is 0 Å². The van der Waals surface area contributed by atoms with Crippen LogP contribution in [0.15, 0.2) is 22.8 Å². The Morgan fingerprint density at radius 3 is 2.85 bits per heavy atom. The minimum atomic E-state index is -0.565. The third-order valence-electron chi connectivity index (χ3n) is 2.99. The number of hydrogen-bond donors (Lipinski definition) is 2. The minimum Gasteiger partial charge on any atom is -0.467 e. The van der Waals surface area contributed by atoms with Gasteiger partial charge in [-0.3, -0.25) is 9.48 Å². The van der Waals surface area contributed by atoms with Gasteiger partial charge in [-0.1, -0.05) is 11.6 Å². The maximum absolute atomic E-state index is 12.0. The Bertz CT molecular complexity index is 592. The maximum Gasteiger partial charge on any atom is 0.242 e. The molecule has 1 amide bonds. The van der Waals surface area contributed by atoms with E-state index in [0.29, 0.717) is 16.5 Å². The van der Waals surface area contributed by atoms with Gasteiger partial charge >= 0.3 is 0 Å². The van der Waals surface area contributed by atoms with Crippen molar-refractivity contribution in [1.82, 2.24) is 15.1 Å². The number of furan rings is 1. The van der Waals surface area contributed by atoms with Crippen LogP contribution in [0.4, 0.5) is 0 Å². The lowest BCUT2D eigenvalue weighted by atomic mass is 10.2. The molecule has 2 aromatic rings. The van der Waals surface area contributed by atoms with Gasteiger partial charge in [0.05, 0.1) is 29.3 Å². The zero-order chi connectivity index (χ0) is 14.7. The molecule has 1 unspecified atom stereocenters. The van der Waals surface area contributed by atoms with Crippen LogP contribution in [0.2, 0.25) is 5.02 Å². The SMILES string of the molecule is Cc1nn(CC(=O)NC(CO)c2ccco2)c(C)c1Cl. The molecule has 1 atom stereocenters. The van der Waals surface area contributed by atoms with E-state index in [2.05, 4.69) is 10.4 Å². The first kappa shape index (κ1) is 14.6. The average Bonchev–Trinajstić information content (AvgIpc) is 3.02. The molecule has 0 aliphatic rings. The number of aryl methyl sites for hydroxylation is 1. The minimum absolute atomic E-state index is 0.0383. The number of carbonyl (C=O) groups excluding carboxylic acids is 1. The van der Waals surface area contributed by atoms with E-state index >= 15 is 0 Å². The van der Waals surface area contributed by atoms with Crippen LogP contribution in [0.1, 0.15) is 23.2 Å².